The molecule has 4 rings (SSSR count). The molecule has 0 saturated carbocycles. The van der Waals surface area contributed by atoms with Crippen LogP contribution in [0.4, 0.5) is 4.79 Å². The Hall–Kier alpha value is -2.97. The first-order valence-corrected chi connectivity index (χ1v) is 11.4. The van der Waals surface area contributed by atoms with Gasteiger partial charge < -0.3 is 14.2 Å². The molecule has 1 aliphatic rings. The summed E-state index contributed by atoms with van der Waals surface area (Å²) in [5.41, 5.74) is 0.715. The average Bonchev–Trinajstić information content (AvgIpc) is 3.06. The van der Waals surface area contributed by atoms with E-state index in [9.17, 15) is 9.59 Å². The van der Waals surface area contributed by atoms with Gasteiger partial charge >= 0.3 is 0 Å². The Morgan fingerprint density at radius 3 is 2.56 bits per heavy atom. The van der Waals surface area contributed by atoms with Crippen molar-refractivity contribution in [3.05, 3.63) is 69.5 Å². The number of methoxy groups -OCH3 is 2. The molecule has 0 radical (unpaired) electrons. The Morgan fingerprint density at radius 2 is 1.78 bits per heavy atom. The summed E-state index contributed by atoms with van der Waals surface area (Å²) >= 11 is 4.35. The van der Waals surface area contributed by atoms with Gasteiger partial charge in [0.25, 0.3) is 11.1 Å². The molecule has 3 aromatic carbocycles. The molecule has 6 nitrogen and oxygen atoms in total. The van der Waals surface area contributed by atoms with E-state index in [0.717, 1.165) is 28.3 Å². The number of nitrogens with zero attached hydrogens (tertiary/aromatic N) is 1. The van der Waals surface area contributed by atoms with E-state index in [-0.39, 0.29) is 24.3 Å². The van der Waals surface area contributed by atoms with E-state index in [1.54, 1.807) is 25.3 Å². The van der Waals surface area contributed by atoms with Gasteiger partial charge in [-0.25, -0.2) is 0 Å². The van der Waals surface area contributed by atoms with E-state index < -0.39 is 0 Å². The van der Waals surface area contributed by atoms with Gasteiger partial charge in [0.15, 0.2) is 11.5 Å². The zero-order valence-electron chi connectivity index (χ0n) is 17.5. The second-order valence-corrected chi connectivity index (χ2v) is 8.74. The number of rotatable bonds is 7. The fraction of sp³-hybridized carbons (Fsp3) is 0.167. The number of amides is 2. The van der Waals surface area contributed by atoms with Crippen molar-refractivity contribution in [3.63, 3.8) is 0 Å². The van der Waals surface area contributed by atoms with Gasteiger partial charge in [0.1, 0.15) is 12.4 Å². The summed E-state index contributed by atoms with van der Waals surface area (Å²) in [5, 5.41) is 1.74. The molecule has 1 heterocycles. The van der Waals surface area contributed by atoms with Crippen LogP contribution in [0, 0.1) is 0 Å². The van der Waals surface area contributed by atoms with Crippen LogP contribution in [-0.4, -0.2) is 43.4 Å². The zero-order valence-corrected chi connectivity index (χ0v) is 19.9. The average molecular weight is 514 g/mol. The summed E-state index contributed by atoms with van der Waals surface area (Å²) in [6.07, 6.45) is 1.67. The molecule has 0 spiro atoms. The first-order chi connectivity index (χ1) is 15.5. The van der Waals surface area contributed by atoms with Crippen LogP contribution in [-0.2, 0) is 4.79 Å². The summed E-state index contributed by atoms with van der Waals surface area (Å²) in [4.78, 5) is 26.8. The number of carbonyl (C=O) groups excluding carboxylic acids is 2. The van der Waals surface area contributed by atoms with Crippen LogP contribution in [0.2, 0.25) is 0 Å². The van der Waals surface area contributed by atoms with Crippen molar-refractivity contribution in [2.45, 2.75) is 0 Å². The SMILES string of the molecule is COc1cc(/C=C2\SC(=O)N(CCOc3cccc4ccccc34)C2=O)cc(Br)c1OC. The molecule has 0 aliphatic carbocycles. The quantitative estimate of drug-likeness (QED) is 0.375. The Morgan fingerprint density at radius 1 is 1.00 bits per heavy atom. The van der Waals surface area contributed by atoms with Crippen LogP contribution in [0.5, 0.6) is 17.2 Å². The van der Waals surface area contributed by atoms with E-state index >= 15 is 0 Å². The van der Waals surface area contributed by atoms with Crippen LogP contribution in [0.1, 0.15) is 5.56 Å². The van der Waals surface area contributed by atoms with Crippen LogP contribution in [0.3, 0.4) is 0 Å². The van der Waals surface area contributed by atoms with E-state index in [1.165, 1.54) is 12.0 Å². The molecule has 1 saturated heterocycles. The zero-order chi connectivity index (χ0) is 22.7. The highest BCUT2D eigenvalue weighted by Crippen LogP contribution is 2.38. The lowest BCUT2D eigenvalue weighted by Crippen LogP contribution is -2.32. The van der Waals surface area contributed by atoms with Gasteiger partial charge in [-0.15, -0.1) is 0 Å². The largest absolute Gasteiger partial charge is 0.493 e. The van der Waals surface area contributed by atoms with Gasteiger partial charge in [0, 0.05) is 5.39 Å². The van der Waals surface area contributed by atoms with Crippen LogP contribution >= 0.6 is 27.7 Å². The van der Waals surface area contributed by atoms with Crippen molar-refractivity contribution in [2.75, 3.05) is 27.4 Å². The molecule has 1 fully saturated rings. The number of carbonyl (C=O) groups is 2. The standard InChI is InChI=1S/C24H20BrNO5S/c1-29-20-13-15(12-18(25)22(20)30-2)14-21-23(27)26(24(28)32-21)10-11-31-19-9-5-7-16-6-3-4-8-17(16)19/h3-9,12-14H,10-11H2,1-2H3/b21-14-. The minimum Gasteiger partial charge on any atom is -0.493 e. The summed E-state index contributed by atoms with van der Waals surface area (Å²) in [6.45, 7) is 0.377. The Labute approximate surface area is 198 Å². The maximum absolute atomic E-state index is 12.8. The smallest absolute Gasteiger partial charge is 0.293 e. The van der Waals surface area contributed by atoms with Gasteiger partial charge in [-0.3, -0.25) is 14.5 Å². The van der Waals surface area contributed by atoms with Crippen LogP contribution in [0.25, 0.3) is 16.8 Å². The lowest BCUT2D eigenvalue weighted by molar-refractivity contribution is -0.123. The van der Waals surface area contributed by atoms with Gasteiger partial charge in [-0.2, -0.15) is 0 Å². The first kappa shape index (κ1) is 22.2. The highest BCUT2D eigenvalue weighted by atomic mass is 79.9. The topological polar surface area (TPSA) is 65.1 Å². The van der Waals surface area contributed by atoms with Gasteiger partial charge in [-0.1, -0.05) is 36.4 Å². The number of ether oxygens (including phenoxy) is 3. The lowest BCUT2D eigenvalue weighted by atomic mass is 10.1. The summed E-state index contributed by atoms with van der Waals surface area (Å²) in [6, 6.07) is 17.3. The third-order valence-electron chi connectivity index (χ3n) is 4.95. The van der Waals surface area contributed by atoms with Crippen molar-refractivity contribution >= 4 is 55.7 Å². The molecule has 0 atom stereocenters. The molecule has 32 heavy (non-hydrogen) atoms. The fourth-order valence-electron chi connectivity index (χ4n) is 3.43. The van der Waals surface area contributed by atoms with Crippen molar-refractivity contribution in [1.29, 1.82) is 0 Å². The van der Waals surface area contributed by atoms with E-state index in [4.69, 9.17) is 14.2 Å². The molecule has 0 bridgehead atoms. The molecule has 0 N–H and O–H groups in total. The van der Waals surface area contributed by atoms with Crippen LogP contribution < -0.4 is 14.2 Å². The second-order valence-electron chi connectivity index (χ2n) is 6.90. The van der Waals surface area contributed by atoms with E-state index in [0.29, 0.717) is 26.4 Å². The van der Waals surface area contributed by atoms with Crippen molar-refractivity contribution in [3.8, 4) is 17.2 Å². The predicted molar refractivity (Wildman–Crippen MR) is 129 cm³/mol. The number of benzene rings is 3. The van der Waals surface area contributed by atoms with Crippen molar-refractivity contribution in [2.24, 2.45) is 0 Å². The fourth-order valence-corrected chi connectivity index (χ4v) is 4.92. The predicted octanol–water partition coefficient (Wildman–Crippen LogP) is 5.73. The monoisotopic (exact) mass is 513 g/mol. The highest BCUT2D eigenvalue weighted by Gasteiger charge is 2.35. The van der Waals surface area contributed by atoms with Crippen molar-refractivity contribution < 1.29 is 23.8 Å². The lowest BCUT2D eigenvalue weighted by Gasteiger charge is -2.14. The third kappa shape index (κ3) is 4.47. The van der Waals surface area contributed by atoms with Gasteiger partial charge in [0.05, 0.1) is 30.1 Å². The number of halogens is 1. The summed E-state index contributed by atoms with van der Waals surface area (Å²) in [7, 11) is 3.09. The van der Waals surface area contributed by atoms with E-state index in [2.05, 4.69) is 15.9 Å². The minimum absolute atomic E-state index is 0.168. The normalized spacial score (nSPS) is 15.0. The number of thioether (sulfide) groups is 1. The number of fused-ring (bicyclic) bond motifs is 1. The van der Waals surface area contributed by atoms with Crippen LogP contribution in [0.15, 0.2) is 64.0 Å². The van der Waals surface area contributed by atoms with Gasteiger partial charge in [0.2, 0.25) is 0 Å². The Balaban J connectivity index is 1.47. The molecule has 2 amide bonds. The molecule has 8 heteroatoms. The third-order valence-corrected chi connectivity index (χ3v) is 6.45. The van der Waals surface area contributed by atoms with E-state index in [1.807, 2.05) is 42.5 Å². The number of hydrogen-bond donors (Lipinski definition) is 0. The highest BCUT2D eigenvalue weighted by molar-refractivity contribution is 9.10. The molecular weight excluding hydrogens is 494 g/mol. The molecule has 0 aromatic heterocycles. The van der Waals surface area contributed by atoms with Crippen molar-refractivity contribution in [1.82, 2.24) is 4.90 Å². The van der Waals surface area contributed by atoms with Gasteiger partial charge in [-0.05, 0) is 62.9 Å². The molecule has 3 aromatic rings. The second kappa shape index (κ2) is 9.67. The maximum atomic E-state index is 12.8. The summed E-state index contributed by atoms with van der Waals surface area (Å²) in [5.74, 6) is 1.47. The molecule has 164 valence electrons. The minimum atomic E-state index is -0.340. The molecule has 0 unspecified atom stereocenters. The number of imide groups is 1. The number of hydrogen-bond acceptors (Lipinski definition) is 6. The molecule has 1 aliphatic heterocycles. The maximum Gasteiger partial charge on any atom is 0.293 e. The molecular formula is C24H20BrNO5S. The Kier molecular flexibility index (Phi) is 6.72. The Bertz CT molecular complexity index is 1220. The summed E-state index contributed by atoms with van der Waals surface area (Å²) < 4.78 is 17.2. The first-order valence-electron chi connectivity index (χ1n) is 9.79.